The Balaban J connectivity index is 2.28. The zero-order valence-electron chi connectivity index (χ0n) is 11.2. The van der Waals surface area contributed by atoms with Crippen molar-refractivity contribution in [3.8, 4) is 0 Å². The second-order valence-electron chi connectivity index (χ2n) is 6.46. The predicted octanol–water partition coefficient (Wildman–Crippen LogP) is 3.92. The van der Waals surface area contributed by atoms with E-state index in [-0.39, 0.29) is 0 Å². The van der Waals surface area contributed by atoms with Gasteiger partial charge in [-0.1, -0.05) is 32.4 Å². The molecule has 0 radical (unpaired) electrons. The molecule has 1 spiro atoms. The maximum atomic E-state index is 10.7. The molecular weight excluding hydrogens is 196 g/mol. The molecule has 1 heteroatoms. The van der Waals surface area contributed by atoms with Gasteiger partial charge in [-0.2, -0.15) is 0 Å². The second-order valence-corrected chi connectivity index (χ2v) is 6.46. The van der Waals surface area contributed by atoms with Crippen LogP contribution in [0.25, 0.3) is 0 Å². The Morgan fingerprint density at radius 2 is 2.06 bits per heavy atom. The first-order valence-corrected chi connectivity index (χ1v) is 6.80. The van der Waals surface area contributed by atoms with Crippen LogP contribution in [0.15, 0.2) is 11.6 Å². The average molecular weight is 222 g/mol. The van der Waals surface area contributed by atoms with Gasteiger partial charge in [0.15, 0.2) is 0 Å². The van der Waals surface area contributed by atoms with E-state index in [4.69, 9.17) is 0 Å². The lowest BCUT2D eigenvalue weighted by molar-refractivity contribution is -0.0124. The Hall–Kier alpha value is -0.300. The van der Waals surface area contributed by atoms with Gasteiger partial charge in [0.25, 0.3) is 0 Å². The highest BCUT2D eigenvalue weighted by Gasteiger charge is 2.52. The normalized spacial score (nSPS) is 44.1. The van der Waals surface area contributed by atoms with Crippen LogP contribution in [0.3, 0.4) is 0 Å². The van der Waals surface area contributed by atoms with Crippen LogP contribution in [0.4, 0.5) is 0 Å². The van der Waals surface area contributed by atoms with Gasteiger partial charge in [0, 0.05) is 0 Å². The average Bonchev–Trinajstić information content (AvgIpc) is 2.57. The molecule has 0 aromatic heterocycles. The van der Waals surface area contributed by atoms with Gasteiger partial charge in [-0.15, -0.1) is 0 Å². The number of hydrogen-bond acceptors (Lipinski definition) is 1. The summed E-state index contributed by atoms with van der Waals surface area (Å²) in [6.45, 7) is 8.97. The van der Waals surface area contributed by atoms with Crippen molar-refractivity contribution in [2.75, 3.05) is 0 Å². The molecule has 0 heterocycles. The summed E-state index contributed by atoms with van der Waals surface area (Å²) in [5, 5.41) is 10.7. The maximum Gasteiger partial charge on any atom is 0.0679 e. The topological polar surface area (TPSA) is 20.2 Å². The van der Waals surface area contributed by atoms with E-state index in [1.165, 1.54) is 19.3 Å². The summed E-state index contributed by atoms with van der Waals surface area (Å²) in [5.74, 6) is 1.12. The molecule has 0 amide bonds. The first-order valence-electron chi connectivity index (χ1n) is 6.80. The molecule has 3 unspecified atom stereocenters. The van der Waals surface area contributed by atoms with Gasteiger partial charge in [-0.05, 0) is 56.3 Å². The molecule has 2 aliphatic carbocycles. The van der Waals surface area contributed by atoms with Crippen LogP contribution in [0.2, 0.25) is 0 Å². The van der Waals surface area contributed by atoms with E-state index >= 15 is 0 Å². The van der Waals surface area contributed by atoms with Crippen molar-refractivity contribution in [3.63, 3.8) is 0 Å². The van der Waals surface area contributed by atoms with E-state index in [0.717, 1.165) is 18.8 Å². The summed E-state index contributed by atoms with van der Waals surface area (Å²) < 4.78 is 0. The summed E-state index contributed by atoms with van der Waals surface area (Å²) in [4.78, 5) is 0. The van der Waals surface area contributed by atoms with E-state index in [1.54, 1.807) is 5.57 Å². The van der Waals surface area contributed by atoms with Crippen LogP contribution in [-0.4, -0.2) is 10.7 Å². The van der Waals surface area contributed by atoms with Crippen LogP contribution in [0.1, 0.15) is 59.8 Å². The van der Waals surface area contributed by atoms with Crippen LogP contribution < -0.4 is 0 Å². The van der Waals surface area contributed by atoms with Crippen molar-refractivity contribution in [3.05, 3.63) is 11.6 Å². The van der Waals surface area contributed by atoms with Gasteiger partial charge in [-0.3, -0.25) is 0 Å². The molecule has 2 aliphatic rings. The first-order chi connectivity index (χ1) is 7.41. The van der Waals surface area contributed by atoms with E-state index in [2.05, 4.69) is 33.8 Å². The van der Waals surface area contributed by atoms with Gasteiger partial charge >= 0.3 is 0 Å². The minimum Gasteiger partial charge on any atom is -0.390 e. The lowest BCUT2D eigenvalue weighted by Crippen LogP contribution is -2.37. The van der Waals surface area contributed by atoms with E-state index in [1.807, 2.05) is 0 Å². The summed E-state index contributed by atoms with van der Waals surface area (Å²) >= 11 is 0. The molecule has 2 rings (SSSR count). The van der Waals surface area contributed by atoms with Crippen LogP contribution in [0, 0.1) is 17.3 Å². The van der Waals surface area contributed by atoms with E-state index in [9.17, 15) is 5.11 Å². The molecule has 1 N–H and O–H groups in total. The number of rotatable bonds is 1. The number of hydrogen-bond donors (Lipinski definition) is 1. The third-order valence-electron chi connectivity index (χ3n) is 5.48. The van der Waals surface area contributed by atoms with E-state index < -0.39 is 5.60 Å². The Labute approximate surface area is 99.9 Å². The summed E-state index contributed by atoms with van der Waals surface area (Å²) in [5.41, 5.74) is 1.45. The molecule has 0 bridgehead atoms. The number of aliphatic hydroxyl groups is 1. The molecule has 92 valence electrons. The largest absolute Gasteiger partial charge is 0.390 e. The zero-order chi connectivity index (χ0) is 12.0. The molecule has 0 saturated heterocycles. The summed E-state index contributed by atoms with van der Waals surface area (Å²) in [6, 6.07) is 0. The standard InChI is InChI=1S/C15H26O/c1-11(2)15(16)9-8-14(10-15)12(3)6-5-7-13(14)4/h6,11,13,16H,5,7-10H2,1-4H3. The molecule has 1 nitrogen and oxygen atoms in total. The molecule has 0 aromatic carbocycles. The highest BCUT2D eigenvalue weighted by atomic mass is 16.3. The lowest BCUT2D eigenvalue weighted by atomic mass is 9.64. The highest BCUT2D eigenvalue weighted by molar-refractivity contribution is 5.22. The van der Waals surface area contributed by atoms with Crippen molar-refractivity contribution < 1.29 is 5.11 Å². The highest BCUT2D eigenvalue weighted by Crippen LogP contribution is 2.57. The van der Waals surface area contributed by atoms with Crippen molar-refractivity contribution in [1.82, 2.24) is 0 Å². The molecule has 0 aromatic rings. The Morgan fingerprint density at radius 3 is 2.56 bits per heavy atom. The fourth-order valence-corrected chi connectivity index (χ4v) is 3.83. The van der Waals surface area contributed by atoms with E-state index in [0.29, 0.717) is 11.3 Å². The van der Waals surface area contributed by atoms with Gasteiger partial charge in [-0.25, -0.2) is 0 Å². The van der Waals surface area contributed by atoms with Crippen LogP contribution in [-0.2, 0) is 0 Å². The fraction of sp³-hybridized carbons (Fsp3) is 0.867. The third kappa shape index (κ3) is 1.64. The molecule has 1 saturated carbocycles. The Morgan fingerprint density at radius 1 is 1.38 bits per heavy atom. The summed E-state index contributed by atoms with van der Waals surface area (Å²) in [7, 11) is 0. The van der Waals surface area contributed by atoms with Gasteiger partial charge in [0.05, 0.1) is 5.60 Å². The van der Waals surface area contributed by atoms with Gasteiger partial charge in [0.2, 0.25) is 0 Å². The minimum atomic E-state index is -0.416. The van der Waals surface area contributed by atoms with Crippen molar-refractivity contribution in [2.45, 2.75) is 65.4 Å². The SMILES string of the molecule is CC1=CCCC(C)C12CCC(O)(C(C)C)C2. The predicted molar refractivity (Wildman–Crippen MR) is 68.2 cm³/mol. The Kier molecular flexibility index (Phi) is 2.94. The second kappa shape index (κ2) is 3.87. The van der Waals surface area contributed by atoms with Crippen LogP contribution >= 0.6 is 0 Å². The minimum absolute atomic E-state index is 0.317. The quantitative estimate of drug-likeness (QED) is 0.667. The van der Waals surface area contributed by atoms with Gasteiger partial charge < -0.3 is 5.11 Å². The molecular formula is C15H26O. The monoisotopic (exact) mass is 222 g/mol. The molecule has 3 atom stereocenters. The first kappa shape index (κ1) is 12.2. The Bertz CT molecular complexity index is 305. The third-order valence-corrected chi connectivity index (χ3v) is 5.48. The lowest BCUT2D eigenvalue weighted by Gasteiger charge is -2.41. The molecule has 1 fully saturated rings. The van der Waals surface area contributed by atoms with Gasteiger partial charge in [0.1, 0.15) is 0 Å². The zero-order valence-corrected chi connectivity index (χ0v) is 11.2. The molecule has 16 heavy (non-hydrogen) atoms. The van der Waals surface area contributed by atoms with Crippen molar-refractivity contribution in [1.29, 1.82) is 0 Å². The van der Waals surface area contributed by atoms with Crippen molar-refractivity contribution >= 4 is 0 Å². The number of allylic oxidation sites excluding steroid dienone is 2. The summed E-state index contributed by atoms with van der Waals surface area (Å²) in [6.07, 6.45) is 8.10. The fourth-order valence-electron chi connectivity index (χ4n) is 3.83. The smallest absolute Gasteiger partial charge is 0.0679 e. The molecule has 0 aliphatic heterocycles. The maximum absolute atomic E-state index is 10.7. The van der Waals surface area contributed by atoms with Crippen molar-refractivity contribution in [2.24, 2.45) is 17.3 Å². The van der Waals surface area contributed by atoms with Crippen LogP contribution in [0.5, 0.6) is 0 Å².